The predicted molar refractivity (Wildman–Crippen MR) is 77.8 cm³/mol. The molecule has 0 radical (unpaired) electrons. The van der Waals surface area contributed by atoms with Crippen molar-refractivity contribution in [3.63, 3.8) is 0 Å². The molecule has 0 aliphatic heterocycles. The third kappa shape index (κ3) is 4.91. The molecule has 1 aromatic carbocycles. The molecule has 0 aliphatic carbocycles. The van der Waals surface area contributed by atoms with Crippen LogP contribution in [0.4, 0.5) is 18.9 Å². The van der Waals surface area contributed by atoms with Gasteiger partial charge in [0.15, 0.2) is 0 Å². The van der Waals surface area contributed by atoms with Gasteiger partial charge in [-0.3, -0.25) is 9.59 Å². The highest BCUT2D eigenvalue weighted by atomic mass is 35.5. The van der Waals surface area contributed by atoms with E-state index in [4.69, 9.17) is 11.6 Å². The quantitative estimate of drug-likeness (QED) is 0.897. The highest BCUT2D eigenvalue weighted by Crippen LogP contribution is 2.35. The van der Waals surface area contributed by atoms with Crippen molar-refractivity contribution in [1.82, 2.24) is 5.32 Å². The van der Waals surface area contributed by atoms with Crippen molar-refractivity contribution >= 4 is 29.1 Å². The molecule has 0 heterocycles. The van der Waals surface area contributed by atoms with Crippen LogP contribution in [0.3, 0.4) is 0 Å². The summed E-state index contributed by atoms with van der Waals surface area (Å²) < 4.78 is 38.3. The van der Waals surface area contributed by atoms with Gasteiger partial charge in [-0.1, -0.05) is 18.5 Å². The van der Waals surface area contributed by atoms with E-state index in [1.54, 1.807) is 0 Å². The van der Waals surface area contributed by atoms with E-state index in [2.05, 4.69) is 5.32 Å². The van der Waals surface area contributed by atoms with E-state index in [-0.39, 0.29) is 10.7 Å². The number of carbonyl (C=O) groups is 2. The third-order valence-electron chi connectivity index (χ3n) is 2.82. The molecule has 22 heavy (non-hydrogen) atoms. The number of amides is 2. The fraction of sp³-hybridized carbons (Fsp3) is 0.429. The van der Waals surface area contributed by atoms with Crippen LogP contribution in [0.5, 0.6) is 0 Å². The zero-order valence-corrected chi connectivity index (χ0v) is 12.9. The van der Waals surface area contributed by atoms with Crippen LogP contribution in [0.2, 0.25) is 5.02 Å². The summed E-state index contributed by atoms with van der Waals surface area (Å²) in [5.74, 6) is -1.04. The molecular weight excluding hydrogens is 321 g/mol. The second-order valence-electron chi connectivity index (χ2n) is 4.62. The Labute approximate surface area is 131 Å². The molecule has 0 aromatic heterocycles. The topological polar surface area (TPSA) is 49.4 Å². The Morgan fingerprint density at radius 1 is 1.32 bits per heavy atom. The summed E-state index contributed by atoms with van der Waals surface area (Å²) in [6.45, 7) is 3.04. The maximum atomic E-state index is 12.8. The van der Waals surface area contributed by atoms with Crippen LogP contribution in [0.1, 0.15) is 25.8 Å². The number of halogens is 4. The molecule has 0 bridgehead atoms. The van der Waals surface area contributed by atoms with Crippen molar-refractivity contribution < 1.29 is 22.8 Å². The highest BCUT2D eigenvalue weighted by Gasteiger charge is 2.32. The monoisotopic (exact) mass is 336 g/mol. The molecule has 122 valence electrons. The Morgan fingerprint density at radius 2 is 1.95 bits per heavy atom. The lowest BCUT2D eigenvalue weighted by Crippen LogP contribution is -2.40. The average molecular weight is 337 g/mol. The van der Waals surface area contributed by atoms with Crippen LogP contribution < -0.4 is 10.2 Å². The largest absolute Gasteiger partial charge is 0.416 e. The number of anilines is 1. The van der Waals surface area contributed by atoms with Crippen molar-refractivity contribution in [3.8, 4) is 0 Å². The Balaban J connectivity index is 3.11. The average Bonchev–Trinajstić information content (AvgIpc) is 2.41. The van der Waals surface area contributed by atoms with Crippen molar-refractivity contribution in [3.05, 3.63) is 28.8 Å². The van der Waals surface area contributed by atoms with Crippen LogP contribution in [0.25, 0.3) is 0 Å². The second kappa shape index (κ2) is 7.49. The van der Waals surface area contributed by atoms with Crippen LogP contribution in [0.15, 0.2) is 18.2 Å². The number of nitrogens with zero attached hydrogens (tertiary/aromatic N) is 1. The van der Waals surface area contributed by atoms with Crippen molar-refractivity contribution in [1.29, 1.82) is 0 Å². The molecule has 0 saturated carbocycles. The van der Waals surface area contributed by atoms with E-state index in [1.165, 1.54) is 0 Å². The van der Waals surface area contributed by atoms with Gasteiger partial charge in [0.1, 0.15) is 6.54 Å². The molecule has 0 fully saturated rings. The minimum absolute atomic E-state index is 0.0357. The molecule has 0 saturated heterocycles. The number of carbonyl (C=O) groups excluding carboxylic acids is 2. The van der Waals surface area contributed by atoms with Crippen molar-refractivity contribution in [2.75, 3.05) is 18.0 Å². The minimum atomic E-state index is -4.56. The van der Waals surface area contributed by atoms with Gasteiger partial charge in [0.2, 0.25) is 11.8 Å². The van der Waals surface area contributed by atoms with Crippen molar-refractivity contribution in [2.24, 2.45) is 0 Å². The maximum absolute atomic E-state index is 12.8. The number of hydrogen-bond donors (Lipinski definition) is 1. The molecule has 0 atom stereocenters. The Hall–Kier alpha value is -1.76. The van der Waals surface area contributed by atoms with Gasteiger partial charge in [0.05, 0.1) is 16.3 Å². The van der Waals surface area contributed by atoms with Gasteiger partial charge in [-0.2, -0.15) is 13.2 Å². The zero-order chi connectivity index (χ0) is 16.9. The fourth-order valence-corrected chi connectivity index (χ4v) is 1.95. The molecular formula is C14H16ClF3N2O2. The number of rotatable bonds is 5. The van der Waals surface area contributed by atoms with E-state index in [0.29, 0.717) is 13.0 Å². The van der Waals surface area contributed by atoms with Crippen molar-refractivity contribution in [2.45, 2.75) is 26.4 Å². The zero-order valence-electron chi connectivity index (χ0n) is 12.1. The number of hydrogen-bond acceptors (Lipinski definition) is 2. The minimum Gasteiger partial charge on any atom is -0.355 e. The number of alkyl halides is 3. The predicted octanol–water partition coefficient (Wildman–Crippen LogP) is 3.24. The van der Waals surface area contributed by atoms with E-state index >= 15 is 0 Å². The van der Waals surface area contributed by atoms with Crippen LogP contribution in [-0.4, -0.2) is 24.9 Å². The van der Waals surface area contributed by atoms with Gasteiger partial charge in [0, 0.05) is 13.5 Å². The van der Waals surface area contributed by atoms with Gasteiger partial charge in [-0.05, 0) is 24.6 Å². The molecule has 1 rings (SSSR count). The second-order valence-corrected chi connectivity index (χ2v) is 5.03. The summed E-state index contributed by atoms with van der Waals surface area (Å²) in [5, 5.41) is 2.52. The first-order valence-corrected chi connectivity index (χ1v) is 6.96. The normalized spacial score (nSPS) is 11.2. The third-order valence-corrected chi connectivity index (χ3v) is 3.14. The Bertz CT molecular complexity index is 562. The van der Waals surface area contributed by atoms with E-state index in [9.17, 15) is 22.8 Å². The summed E-state index contributed by atoms with van der Waals surface area (Å²) in [4.78, 5) is 24.3. The fourth-order valence-electron chi connectivity index (χ4n) is 1.73. The first kappa shape index (κ1) is 18.3. The molecule has 0 unspecified atom stereocenters. The van der Waals surface area contributed by atoms with E-state index in [0.717, 1.165) is 30.0 Å². The molecule has 8 heteroatoms. The lowest BCUT2D eigenvalue weighted by Gasteiger charge is -2.23. The van der Waals surface area contributed by atoms with Crippen LogP contribution >= 0.6 is 11.6 Å². The summed E-state index contributed by atoms with van der Waals surface area (Å²) in [6, 6.07) is 2.64. The van der Waals surface area contributed by atoms with Gasteiger partial charge >= 0.3 is 6.18 Å². The SMILES string of the molecule is CCCNC(=O)CN(C(C)=O)c1cc(C(F)(F)F)ccc1Cl. The molecule has 0 aliphatic rings. The molecule has 1 aromatic rings. The van der Waals surface area contributed by atoms with Crippen LogP contribution in [-0.2, 0) is 15.8 Å². The molecule has 4 nitrogen and oxygen atoms in total. The lowest BCUT2D eigenvalue weighted by molar-refractivity contribution is -0.137. The standard InChI is InChI=1S/C14H16ClF3N2O2/c1-3-6-19-13(22)8-20(9(2)21)12-7-10(14(16,17)18)4-5-11(12)15/h4-5,7H,3,6,8H2,1-2H3,(H,19,22). The summed E-state index contributed by atoms with van der Waals surface area (Å²) in [6.07, 6.45) is -3.86. The molecule has 0 spiro atoms. The molecule has 2 amide bonds. The van der Waals surface area contributed by atoms with E-state index < -0.39 is 30.1 Å². The Morgan fingerprint density at radius 3 is 2.45 bits per heavy atom. The highest BCUT2D eigenvalue weighted by molar-refractivity contribution is 6.34. The maximum Gasteiger partial charge on any atom is 0.416 e. The lowest BCUT2D eigenvalue weighted by atomic mass is 10.1. The first-order chi connectivity index (χ1) is 10.2. The number of nitrogens with one attached hydrogen (secondary N) is 1. The first-order valence-electron chi connectivity index (χ1n) is 6.58. The van der Waals surface area contributed by atoms with Gasteiger partial charge in [-0.25, -0.2) is 0 Å². The van der Waals surface area contributed by atoms with E-state index in [1.807, 2.05) is 6.92 Å². The van der Waals surface area contributed by atoms with Gasteiger partial charge in [0.25, 0.3) is 0 Å². The van der Waals surface area contributed by atoms with Gasteiger partial charge in [-0.15, -0.1) is 0 Å². The number of benzene rings is 1. The summed E-state index contributed by atoms with van der Waals surface area (Å²) in [5.41, 5.74) is -1.08. The summed E-state index contributed by atoms with van der Waals surface area (Å²) in [7, 11) is 0. The van der Waals surface area contributed by atoms with Crippen LogP contribution in [0, 0.1) is 0 Å². The summed E-state index contributed by atoms with van der Waals surface area (Å²) >= 11 is 5.88. The van der Waals surface area contributed by atoms with Gasteiger partial charge < -0.3 is 10.2 Å². The molecule has 1 N–H and O–H groups in total. The Kier molecular flexibility index (Phi) is 6.22. The smallest absolute Gasteiger partial charge is 0.355 e.